The largest absolute Gasteiger partial charge is 0.490 e. The van der Waals surface area contributed by atoms with Gasteiger partial charge < -0.3 is 15.5 Å². The molecule has 0 spiro atoms. The lowest BCUT2D eigenvalue weighted by Crippen LogP contribution is -2.31. The second-order valence-electron chi connectivity index (χ2n) is 9.96. The number of carboxylic acid groups (broad SMARTS) is 2. The van der Waals surface area contributed by atoms with E-state index in [1.165, 1.54) is 5.56 Å². The number of amides is 1. The molecular weight excluding hydrogens is 565 g/mol. The van der Waals surface area contributed by atoms with Crippen molar-refractivity contribution in [1.82, 2.24) is 20.3 Å². The van der Waals surface area contributed by atoms with Gasteiger partial charge in [-0.15, -0.1) is 0 Å². The first-order chi connectivity index (χ1) is 20.5. The fourth-order valence-corrected chi connectivity index (χ4v) is 4.79. The summed E-state index contributed by atoms with van der Waals surface area (Å²) in [6, 6.07) is 19.2. The minimum atomic E-state index is -5.08. The lowest BCUT2D eigenvalue weighted by Gasteiger charge is -2.25. The van der Waals surface area contributed by atoms with Gasteiger partial charge in [-0.3, -0.25) is 14.6 Å². The first kappa shape index (κ1) is 31.1. The van der Waals surface area contributed by atoms with Crippen molar-refractivity contribution >= 4 is 28.9 Å². The average Bonchev–Trinajstić information content (AvgIpc) is 2.99. The van der Waals surface area contributed by atoms with Crippen LogP contribution in [0, 0.1) is 0 Å². The number of aromatic nitrogens is 3. The zero-order valence-corrected chi connectivity index (χ0v) is 23.0. The Morgan fingerprint density at radius 3 is 2.37 bits per heavy atom. The molecule has 1 aliphatic carbocycles. The number of nitrogens with one attached hydrogen (secondary N) is 1. The van der Waals surface area contributed by atoms with E-state index in [4.69, 9.17) is 25.0 Å². The van der Waals surface area contributed by atoms with Crippen molar-refractivity contribution in [2.24, 2.45) is 0 Å². The third-order valence-corrected chi connectivity index (χ3v) is 6.84. The topological polar surface area (TPSA) is 142 Å². The number of unbranched alkanes of at least 4 members (excludes halogenated alkanes) is 1. The number of pyridine rings is 1. The number of rotatable bonds is 8. The van der Waals surface area contributed by atoms with Crippen LogP contribution < -0.4 is 5.32 Å². The number of carbonyl (C=O) groups is 3. The number of nitrogens with zero attached hydrogens (tertiary/aromatic N) is 3. The van der Waals surface area contributed by atoms with Gasteiger partial charge >= 0.3 is 18.1 Å². The van der Waals surface area contributed by atoms with Gasteiger partial charge in [-0.2, -0.15) is 13.2 Å². The predicted molar refractivity (Wildman–Crippen MR) is 151 cm³/mol. The molecule has 0 bridgehead atoms. The van der Waals surface area contributed by atoms with Crippen molar-refractivity contribution in [2.45, 2.75) is 57.2 Å². The first-order valence-electron chi connectivity index (χ1n) is 13.7. The number of carbonyl (C=O) groups excluding carboxylic acids is 1. The highest BCUT2D eigenvalue weighted by atomic mass is 19.4. The minimum Gasteiger partial charge on any atom is -0.481 e. The van der Waals surface area contributed by atoms with E-state index in [1.54, 1.807) is 18.3 Å². The highest BCUT2D eigenvalue weighted by molar-refractivity contribution is 5.97. The highest BCUT2D eigenvalue weighted by Gasteiger charge is 2.38. The summed E-state index contributed by atoms with van der Waals surface area (Å²) in [7, 11) is 0. The van der Waals surface area contributed by atoms with Gasteiger partial charge in [0, 0.05) is 23.7 Å². The Morgan fingerprint density at radius 1 is 0.930 bits per heavy atom. The number of halogens is 3. The van der Waals surface area contributed by atoms with Crippen LogP contribution in [0.2, 0.25) is 0 Å². The van der Waals surface area contributed by atoms with Crippen molar-refractivity contribution in [3.05, 3.63) is 89.4 Å². The number of aryl methyl sites for hydroxylation is 2. The van der Waals surface area contributed by atoms with Crippen LogP contribution in [0.4, 0.5) is 13.2 Å². The lowest BCUT2D eigenvalue weighted by molar-refractivity contribution is -0.192. The summed E-state index contributed by atoms with van der Waals surface area (Å²) in [4.78, 5) is 47.3. The summed E-state index contributed by atoms with van der Waals surface area (Å²) in [5.41, 5.74) is 6.60. The lowest BCUT2D eigenvalue weighted by atomic mass is 9.91. The molecule has 0 saturated carbocycles. The fourth-order valence-electron chi connectivity index (χ4n) is 4.79. The van der Waals surface area contributed by atoms with Crippen LogP contribution in [0.1, 0.15) is 65.5 Å². The smallest absolute Gasteiger partial charge is 0.481 e. The average molecular weight is 595 g/mol. The summed E-state index contributed by atoms with van der Waals surface area (Å²) in [6.45, 7) is 0. The molecule has 9 nitrogen and oxygen atoms in total. The normalized spacial score (nSPS) is 14.3. The molecule has 5 rings (SSSR count). The number of carboxylic acids is 2. The second kappa shape index (κ2) is 13.9. The number of hydrogen-bond donors (Lipinski definition) is 3. The summed E-state index contributed by atoms with van der Waals surface area (Å²) in [5.74, 6) is -3.71. The predicted octanol–water partition coefficient (Wildman–Crippen LogP) is 5.93. The van der Waals surface area contributed by atoms with E-state index in [2.05, 4.69) is 16.4 Å². The summed E-state index contributed by atoms with van der Waals surface area (Å²) in [5, 5.41) is 19.2. The van der Waals surface area contributed by atoms with Crippen molar-refractivity contribution < 1.29 is 37.8 Å². The maximum absolute atomic E-state index is 13.2. The molecule has 1 atom stereocenters. The molecule has 0 fully saturated rings. The fraction of sp³-hybridized carbons (Fsp3) is 0.290. The monoisotopic (exact) mass is 594 g/mol. The van der Waals surface area contributed by atoms with Crippen LogP contribution in [0.25, 0.3) is 22.3 Å². The number of alkyl halides is 3. The van der Waals surface area contributed by atoms with Gasteiger partial charge in [0.1, 0.15) is 0 Å². The van der Waals surface area contributed by atoms with Gasteiger partial charge in [-0.05, 0) is 68.4 Å². The van der Waals surface area contributed by atoms with Crippen molar-refractivity contribution in [3.8, 4) is 11.3 Å². The second-order valence-corrected chi connectivity index (χ2v) is 9.96. The number of hydrogen-bond acceptors (Lipinski definition) is 6. The molecule has 2 heterocycles. The standard InChI is InChI=1S/C29H28N4O3.C2HF3O2/c34-26(35)14-5-4-12-24-28(20-8-2-1-3-9-20)32-22-16-15-21(18-25(22)31-24)29(36)33-23-13-6-10-19-11-7-17-30-27(19)23;3-2(4,5)1(6)7/h1-3,7-9,11,15-18,23H,4-6,10,12-14H2,(H,33,36)(H,34,35);(H,6,7)/t23-;/m1./s1. The van der Waals surface area contributed by atoms with Crippen molar-refractivity contribution in [3.63, 3.8) is 0 Å². The van der Waals surface area contributed by atoms with Gasteiger partial charge in [-0.25, -0.2) is 14.8 Å². The molecule has 0 saturated heterocycles. The number of aliphatic carboxylic acids is 2. The Labute approximate surface area is 244 Å². The Bertz CT molecular complexity index is 1610. The zero-order chi connectivity index (χ0) is 31.0. The third kappa shape index (κ3) is 8.34. The van der Waals surface area contributed by atoms with Crippen LogP contribution >= 0.6 is 0 Å². The zero-order valence-electron chi connectivity index (χ0n) is 23.0. The molecule has 4 aromatic rings. The molecule has 2 aromatic carbocycles. The van der Waals surface area contributed by atoms with Crippen molar-refractivity contribution in [2.75, 3.05) is 0 Å². The Hall–Kier alpha value is -4.87. The summed E-state index contributed by atoms with van der Waals surface area (Å²) >= 11 is 0. The molecule has 43 heavy (non-hydrogen) atoms. The van der Waals surface area contributed by atoms with Gasteiger partial charge in [0.05, 0.1) is 34.2 Å². The van der Waals surface area contributed by atoms with Gasteiger partial charge in [0.2, 0.25) is 0 Å². The number of benzene rings is 2. The molecule has 224 valence electrons. The van der Waals surface area contributed by atoms with E-state index in [0.717, 1.165) is 41.9 Å². The molecule has 3 N–H and O–H groups in total. The van der Waals surface area contributed by atoms with Crippen LogP contribution in [-0.4, -0.2) is 49.2 Å². The Kier molecular flexibility index (Phi) is 10.0. The van der Waals surface area contributed by atoms with Gasteiger partial charge in [-0.1, -0.05) is 36.4 Å². The molecule has 0 unspecified atom stereocenters. The van der Waals surface area contributed by atoms with Gasteiger partial charge in [0.25, 0.3) is 5.91 Å². The summed E-state index contributed by atoms with van der Waals surface area (Å²) in [6.07, 6.45) is 1.57. The SMILES string of the molecule is O=C(O)C(F)(F)F.O=C(O)CCCCc1nc2cc(C(=O)N[C@@H]3CCCc4cccnc43)ccc2nc1-c1ccccc1. The maximum Gasteiger partial charge on any atom is 0.490 e. The van der Waals surface area contributed by atoms with E-state index in [0.29, 0.717) is 35.9 Å². The van der Waals surface area contributed by atoms with Crippen LogP contribution in [0.5, 0.6) is 0 Å². The highest BCUT2D eigenvalue weighted by Crippen LogP contribution is 2.29. The minimum absolute atomic E-state index is 0.102. The number of fused-ring (bicyclic) bond motifs is 2. The van der Waals surface area contributed by atoms with E-state index >= 15 is 0 Å². The van der Waals surface area contributed by atoms with Crippen LogP contribution in [-0.2, 0) is 22.4 Å². The molecular formula is C31H29F3N4O5. The molecule has 1 amide bonds. The summed E-state index contributed by atoms with van der Waals surface area (Å²) < 4.78 is 31.7. The van der Waals surface area contributed by atoms with E-state index in [1.807, 2.05) is 42.5 Å². The molecule has 12 heteroatoms. The van der Waals surface area contributed by atoms with Gasteiger partial charge in [0.15, 0.2) is 0 Å². The molecule has 2 aromatic heterocycles. The molecule has 1 aliphatic rings. The quantitative estimate of drug-likeness (QED) is 0.213. The Morgan fingerprint density at radius 2 is 1.67 bits per heavy atom. The maximum atomic E-state index is 13.2. The third-order valence-electron chi connectivity index (χ3n) is 6.84. The van der Waals surface area contributed by atoms with E-state index in [-0.39, 0.29) is 18.4 Å². The van der Waals surface area contributed by atoms with Crippen LogP contribution in [0.15, 0.2) is 66.9 Å². The first-order valence-corrected chi connectivity index (χ1v) is 13.7. The Balaban J connectivity index is 0.000000541. The van der Waals surface area contributed by atoms with Crippen molar-refractivity contribution in [1.29, 1.82) is 0 Å². The van der Waals surface area contributed by atoms with Crippen LogP contribution in [0.3, 0.4) is 0 Å². The molecule has 0 radical (unpaired) electrons. The molecule has 0 aliphatic heterocycles. The van der Waals surface area contributed by atoms with E-state index < -0.39 is 18.1 Å². The van der Waals surface area contributed by atoms with E-state index in [9.17, 15) is 22.8 Å².